The Morgan fingerprint density at radius 1 is 1.50 bits per heavy atom. The third-order valence-electron chi connectivity index (χ3n) is 3.27. The Kier molecular flexibility index (Phi) is 6.76. The average Bonchev–Trinajstić information content (AvgIpc) is 2.82. The molecule has 0 aromatic heterocycles. The van der Waals surface area contributed by atoms with Gasteiger partial charge in [-0.05, 0) is 60.1 Å². The van der Waals surface area contributed by atoms with Gasteiger partial charge in [0.05, 0.1) is 9.92 Å². The fraction of sp³-hybridized carbons (Fsp3) is 0.500. The summed E-state index contributed by atoms with van der Waals surface area (Å²) in [4.78, 5) is 0.255. The van der Waals surface area contributed by atoms with Crippen LogP contribution >= 0.6 is 39.9 Å². The van der Waals surface area contributed by atoms with Gasteiger partial charge < -0.3 is 5.32 Å². The largest absolute Gasteiger partial charge is 0.319 e. The fourth-order valence-electron chi connectivity index (χ4n) is 2.26. The second-order valence-corrected chi connectivity index (χ2v) is 7.85. The molecule has 4 nitrogen and oxygen atoms in total. The molecule has 0 aliphatic carbocycles. The van der Waals surface area contributed by atoms with E-state index >= 15 is 0 Å². The van der Waals surface area contributed by atoms with Crippen LogP contribution in [0.3, 0.4) is 0 Å². The van der Waals surface area contributed by atoms with Crippen LogP contribution in [0.25, 0.3) is 0 Å². The molecule has 1 saturated heterocycles. The first-order valence-electron chi connectivity index (χ1n) is 6.05. The molecule has 1 atom stereocenters. The fourth-order valence-corrected chi connectivity index (χ4v) is 4.31. The monoisotopic (exact) mass is 402 g/mol. The van der Waals surface area contributed by atoms with Crippen molar-refractivity contribution < 1.29 is 8.42 Å². The highest BCUT2D eigenvalue weighted by molar-refractivity contribution is 9.10. The lowest BCUT2D eigenvalue weighted by Crippen LogP contribution is -2.30. The van der Waals surface area contributed by atoms with E-state index < -0.39 is 10.0 Å². The normalized spacial score (nSPS) is 19.9. The quantitative estimate of drug-likeness (QED) is 0.840. The summed E-state index contributed by atoms with van der Waals surface area (Å²) in [5.41, 5.74) is 0. The molecule has 0 bridgehead atoms. The lowest BCUT2D eigenvalue weighted by molar-refractivity contribution is 0.451. The SMILES string of the molecule is CNCC1CCN(S(=O)(=O)c2ccc(Br)c(Cl)c2)C1.Cl. The molecular weight excluding hydrogens is 387 g/mol. The number of halogens is 3. The van der Waals surface area contributed by atoms with Crippen LogP contribution < -0.4 is 5.32 Å². The minimum absolute atomic E-state index is 0. The molecule has 1 aromatic rings. The zero-order valence-corrected chi connectivity index (χ0v) is 14.9. The molecule has 20 heavy (non-hydrogen) atoms. The van der Waals surface area contributed by atoms with Gasteiger partial charge in [-0.25, -0.2) is 8.42 Å². The summed E-state index contributed by atoms with van der Waals surface area (Å²) in [7, 11) is -1.55. The van der Waals surface area contributed by atoms with E-state index in [-0.39, 0.29) is 17.3 Å². The van der Waals surface area contributed by atoms with E-state index in [0.29, 0.717) is 28.5 Å². The Balaban J connectivity index is 0.00000200. The van der Waals surface area contributed by atoms with Crippen molar-refractivity contribution in [1.29, 1.82) is 0 Å². The first-order chi connectivity index (χ1) is 8.95. The van der Waals surface area contributed by atoms with E-state index in [2.05, 4.69) is 21.2 Å². The van der Waals surface area contributed by atoms with Gasteiger partial charge in [0.15, 0.2) is 0 Å². The zero-order chi connectivity index (χ0) is 14.0. The third kappa shape index (κ3) is 3.87. The summed E-state index contributed by atoms with van der Waals surface area (Å²) in [6.07, 6.45) is 0.893. The lowest BCUT2D eigenvalue weighted by atomic mass is 10.1. The van der Waals surface area contributed by atoms with Gasteiger partial charge in [-0.15, -0.1) is 12.4 Å². The summed E-state index contributed by atoms with van der Waals surface area (Å²) in [5.74, 6) is 0.380. The Hall–Kier alpha value is 0.150. The Bertz CT molecular complexity index is 569. The highest BCUT2D eigenvalue weighted by Crippen LogP contribution is 2.29. The minimum Gasteiger partial charge on any atom is -0.319 e. The predicted octanol–water partition coefficient (Wildman–Crippen LogP) is 2.75. The van der Waals surface area contributed by atoms with Crippen LogP contribution in [0, 0.1) is 5.92 Å². The van der Waals surface area contributed by atoms with E-state index in [1.54, 1.807) is 12.1 Å². The number of nitrogens with zero attached hydrogens (tertiary/aromatic N) is 1. The Morgan fingerprint density at radius 2 is 2.20 bits per heavy atom. The highest BCUT2D eigenvalue weighted by Gasteiger charge is 2.32. The molecule has 114 valence electrons. The second-order valence-electron chi connectivity index (χ2n) is 4.65. The van der Waals surface area contributed by atoms with E-state index in [1.165, 1.54) is 10.4 Å². The van der Waals surface area contributed by atoms with Crippen LogP contribution in [0.2, 0.25) is 5.02 Å². The predicted molar refractivity (Wildman–Crippen MR) is 87.2 cm³/mol. The first kappa shape index (κ1) is 18.2. The standard InChI is InChI=1S/C12H16BrClN2O2S.ClH/c1-15-7-9-4-5-16(8-9)19(17,18)10-2-3-11(13)12(14)6-10;/h2-3,6,9,15H,4-5,7-8H2,1H3;1H. The van der Waals surface area contributed by atoms with E-state index in [9.17, 15) is 8.42 Å². The van der Waals surface area contributed by atoms with E-state index in [0.717, 1.165) is 13.0 Å². The molecule has 8 heteroatoms. The molecule has 0 spiro atoms. The van der Waals surface area contributed by atoms with Gasteiger partial charge in [0.25, 0.3) is 0 Å². The Morgan fingerprint density at radius 3 is 2.80 bits per heavy atom. The Labute approximate surface area is 139 Å². The van der Waals surface area contributed by atoms with Gasteiger partial charge in [-0.2, -0.15) is 4.31 Å². The van der Waals surface area contributed by atoms with Gasteiger partial charge in [0.1, 0.15) is 0 Å². The number of nitrogens with one attached hydrogen (secondary N) is 1. The molecule has 0 radical (unpaired) electrons. The molecule has 1 aliphatic rings. The maximum absolute atomic E-state index is 12.5. The van der Waals surface area contributed by atoms with Gasteiger partial charge >= 0.3 is 0 Å². The number of benzene rings is 1. The zero-order valence-electron chi connectivity index (χ0n) is 11.0. The maximum Gasteiger partial charge on any atom is 0.243 e. The molecule has 1 aliphatic heterocycles. The molecule has 1 N–H and O–H groups in total. The highest BCUT2D eigenvalue weighted by atomic mass is 79.9. The van der Waals surface area contributed by atoms with Crippen molar-refractivity contribution in [2.45, 2.75) is 11.3 Å². The number of hydrogen-bond acceptors (Lipinski definition) is 3. The van der Waals surface area contributed by atoms with Crippen molar-refractivity contribution in [2.24, 2.45) is 5.92 Å². The molecular formula is C12H17BrCl2N2O2S. The van der Waals surface area contributed by atoms with Crippen LogP contribution in [-0.4, -0.2) is 39.4 Å². The van der Waals surface area contributed by atoms with Crippen molar-refractivity contribution in [2.75, 3.05) is 26.7 Å². The van der Waals surface area contributed by atoms with Crippen LogP contribution in [0.1, 0.15) is 6.42 Å². The van der Waals surface area contributed by atoms with E-state index in [1.807, 2.05) is 7.05 Å². The molecule has 1 heterocycles. The lowest BCUT2D eigenvalue weighted by Gasteiger charge is -2.17. The molecule has 1 fully saturated rings. The van der Waals surface area contributed by atoms with Crippen LogP contribution in [0.5, 0.6) is 0 Å². The topological polar surface area (TPSA) is 49.4 Å². The third-order valence-corrected chi connectivity index (χ3v) is 6.36. The van der Waals surface area contributed by atoms with Crippen molar-refractivity contribution in [3.05, 3.63) is 27.7 Å². The van der Waals surface area contributed by atoms with Crippen molar-refractivity contribution in [1.82, 2.24) is 9.62 Å². The smallest absolute Gasteiger partial charge is 0.243 e. The molecule has 2 rings (SSSR count). The van der Waals surface area contributed by atoms with Crippen LogP contribution in [0.15, 0.2) is 27.6 Å². The first-order valence-corrected chi connectivity index (χ1v) is 8.66. The summed E-state index contributed by atoms with van der Waals surface area (Å²) < 4.78 is 27.2. The average molecular weight is 404 g/mol. The van der Waals surface area contributed by atoms with Crippen molar-refractivity contribution in [3.8, 4) is 0 Å². The summed E-state index contributed by atoms with van der Waals surface area (Å²) >= 11 is 9.23. The number of rotatable bonds is 4. The van der Waals surface area contributed by atoms with Gasteiger partial charge in [-0.3, -0.25) is 0 Å². The van der Waals surface area contributed by atoms with Gasteiger partial charge in [-0.1, -0.05) is 11.6 Å². The van der Waals surface area contributed by atoms with Crippen molar-refractivity contribution in [3.63, 3.8) is 0 Å². The van der Waals surface area contributed by atoms with Crippen LogP contribution in [-0.2, 0) is 10.0 Å². The van der Waals surface area contributed by atoms with Crippen molar-refractivity contribution >= 4 is 50.0 Å². The van der Waals surface area contributed by atoms with E-state index in [4.69, 9.17) is 11.6 Å². The van der Waals surface area contributed by atoms with Gasteiger partial charge in [0, 0.05) is 17.6 Å². The minimum atomic E-state index is -3.43. The summed E-state index contributed by atoms with van der Waals surface area (Å²) in [5, 5.41) is 3.50. The van der Waals surface area contributed by atoms with Gasteiger partial charge in [0.2, 0.25) is 10.0 Å². The maximum atomic E-state index is 12.5. The second kappa shape index (κ2) is 7.42. The molecule has 0 amide bonds. The number of hydrogen-bond donors (Lipinski definition) is 1. The molecule has 0 saturated carbocycles. The molecule has 1 aromatic carbocycles. The summed E-state index contributed by atoms with van der Waals surface area (Å²) in [6, 6.07) is 4.74. The molecule has 1 unspecified atom stereocenters. The number of sulfonamides is 1. The summed E-state index contributed by atoms with van der Waals surface area (Å²) in [6.45, 7) is 1.98. The van der Waals surface area contributed by atoms with Crippen LogP contribution in [0.4, 0.5) is 0 Å².